The Balaban J connectivity index is 1.56. The van der Waals surface area contributed by atoms with Gasteiger partial charge >= 0.3 is 5.69 Å². The van der Waals surface area contributed by atoms with Crippen LogP contribution in [0.3, 0.4) is 0 Å². The second-order valence-corrected chi connectivity index (χ2v) is 6.99. The molecule has 3 aromatic rings. The molecular formula is C21H26N6O5. The highest BCUT2D eigenvalue weighted by Crippen LogP contribution is 2.29. The zero-order chi connectivity index (χ0) is 23.1. The van der Waals surface area contributed by atoms with E-state index in [1.165, 1.54) is 10.9 Å². The van der Waals surface area contributed by atoms with Crippen LogP contribution in [0.1, 0.15) is 31.5 Å². The predicted octanol–water partition coefficient (Wildman–Crippen LogP) is 3.17. The molecule has 1 amide bonds. The van der Waals surface area contributed by atoms with Gasteiger partial charge in [-0.2, -0.15) is 10.2 Å². The van der Waals surface area contributed by atoms with E-state index in [4.69, 9.17) is 9.47 Å². The minimum absolute atomic E-state index is 0.0616. The van der Waals surface area contributed by atoms with E-state index in [0.29, 0.717) is 42.6 Å². The molecule has 0 spiro atoms. The molecule has 1 N–H and O–H groups in total. The molecule has 11 heteroatoms. The Hall–Kier alpha value is -3.89. The number of aromatic nitrogens is 4. The van der Waals surface area contributed by atoms with Crippen LogP contribution in [0.15, 0.2) is 36.8 Å². The molecule has 11 nitrogen and oxygen atoms in total. The molecule has 0 saturated carbocycles. The van der Waals surface area contributed by atoms with E-state index in [2.05, 4.69) is 15.5 Å². The number of nitro groups is 1. The van der Waals surface area contributed by atoms with Gasteiger partial charge in [-0.3, -0.25) is 24.3 Å². The highest BCUT2D eigenvalue weighted by molar-refractivity contribution is 5.90. The summed E-state index contributed by atoms with van der Waals surface area (Å²) in [4.78, 5) is 22.6. The van der Waals surface area contributed by atoms with Crippen molar-refractivity contribution in [3.05, 3.63) is 58.2 Å². The van der Waals surface area contributed by atoms with Gasteiger partial charge in [0.1, 0.15) is 11.9 Å². The van der Waals surface area contributed by atoms with Gasteiger partial charge in [0.05, 0.1) is 36.6 Å². The van der Waals surface area contributed by atoms with Gasteiger partial charge in [0, 0.05) is 19.2 Å². The van der Waals surface area contributed by atoms with Crippen LogP contribution in [-0.4, -0.2) is 43.6 Å². The highest BCUT2D eigenvalue weighted by atomic mass is 16.6. The summed E-state index contributed by atoms with van der Waals surface area (Å²) in [5.74, 6) is 1.14. The minimum atomic E-state index is -0.491. The molecule has 0 saturated heterocycles. The molecule has 1 aromatic carbocycles. The fraction of sp³-hybridized carbons (Fsp3) is 0.381. The maximum Gasteiger partial charge on any atom is 0.309 e. The number of nitrogens with zero attached hydrogens (tertiary/aromatic N) is 5. The van der Waals surface area contributed by atoms with Crippen LogP contribution in [0, 0.1) is 17.0 Å². The Labute approximate surface area is 185 Å². The first-order valence-corrected chi connectivity index (χ1v) is 10.3. The third-order valence-corrected chi connectivity index (χ3v) is 4.55. The number of amides is 1. The maximum atomic E-state index is 12.2. The van der Waals surface area contributed by atoms with Crippen molar-refractivity contribution in [1.82, 2.24) is 19.6 Å². The van der Waals surface area contributed by atoms with Gasteiger partial charge in [-0.1, -0.05) is 6.07 Å². The Kier molecular flexibility index (Phi) is 7.42. The molecule has 2 heterocycles. The molecule has 0 aliphatic heterocycles. The summed E-state index contributed by atoms with van der Waals surface area (Å²) in [7, 11) is 0. The first kappa shape index (κ1) is 22.8. The standard InChI is InChI=1S/C21H26N6O5/c1-4-31-19-7-6-16(10-20(19)32-5-2)12-26-13-17(11-22-26)23-21(28)8-9-25-14-18(27(29)30)15(3)24-25/h6-7,10-11,13-14H,4-5,8-9,12H2,1-3H3,(H,23,28). The van der Waals surface area contributed by atoms with Crippen LogP contribution in [0.5, 0.6) is 11.5 Å². The lowest BCUT2D eigenvalue weighted by Crippen LogP contribution is -2.14. The monoisotopic (exact) mass is 442 g/mol. The smallest absolute Gasteiger partial charge is 0.309 e. The molecule has 0 aliphatic rings. The van der Waals surface area contributed by atoms with E-state index in [-0.39, 0.29) is 24.6 Å². The van der Waals surface area contributed by atoms with Gasteiger partial charge in [0.2, 0.25) is 5.91 Å². The summed E-state index contributed by atoms with van der Waals surface area (Å²) >= 11 is 0. The summed E-state index contributed by atoms with van der Waals surface area (Å²) in [5.41, 5.74) is 1.80. The van der Waals surface area contributed by atoms with Gasteiger partial charge in [0.25, 0.3) is 0 Å². The fourth-order valence-electron chi connectivity index (χ4n) is 3.14. The fourth-order valence-corrected chi connectivity index (χ4v) is 3.14. The molecular weight excluding hydrogens is 416 g/mol. The summed E-state index contributed by atoms with van der Waals surface area (Å²) in [6.45, 7) is 7.22. The summed E-state index contributed by atoms with van der Waals surface area (Å²) in [6, 6.07) is 5.73. The van der Waals surface area contributed by atoms with Gasteiger partial charge in [-0.05, 0) is 38.5 Å². The highest BCUT2D eigenvalue weighted by Gasteiger charge is 2.16. The Bertz CT molecular complexity index is 1090. The molecule has 0 aliphatic carbocycles. The van der Waals surface area contributed by atoms with Gasteiger partial charge in [0.15, 0.2) is 11.5 Å². The average molecular weight is 442 g/mol. The summed E-state index contributed by atoms with van der Waals surface area (Å²) in [5, 5.41) is 22.0. The van der Waals surface area contributed by atoms with E-state index in [1.54, 1.807) is 24.0 Å². The van der Waals surface area contributed by atoms with Gasteiger partial charge in [-0.15, -0.1) is 0 Å². The number of ether oxygens (including phenoxy) is 2. The third kappa shape index (κ3) is 5.84. The van der Waals surface area contributed by atoms with Crippen LogP contribution in [0.25, 0.3) is 0 Å². The lowest BCUT2D eigenvalue weighted by molar-refractivity contribution is -0.385. The maximum absolute atomic E-state index is 12.2. The van der Waals surface area contributed by atoms with Crippen LogP contribution in [0.2, 0.25) is 0 Å². The quantitative estimate of drug-likeness (QED) is 0.357. The first-order valence-electron chi connectivity index (χ1n) is 10.3. The second kappa shape index (κ2) is 10.4. The molecule has 0 unspecified atom stereocenters. The van der Waals surface area contributed by atoms with E-state index in [1.807, 2.05) is 32.0 Å². The normalized spacial score (nSPS) is 10.7. The van der Waals surface area contributed by atoms with E-state index in [9.17, 15) is 14.9 Å². The number of anilines is 1. The zero-order valence-electron chi connectivity index (χ0n) is 18.3. The number of benzene rings is 1. The van der Waals surface area contributed by atoms with Crippen molar-refractivity contribution in [3.8, 4) is 11.5 Å². The molecule has 2 aromatic heterocycles. The second-order valence-electron chi connectivity index (χ2n) is 6.99. The van der Waals surface area contributed by atoms with Gasteiger partial charge < -0.3 is 14.8 Å². The molecule has 3 rings (SSSR count). The average Bonchev–Trinajstić information content (AvgIpc) is 3.34. The van der Waals surface area contributed by atoms with Gasteiger partial charge in [-0.25, -0.2) is 0 Å². The number of carbonyl (C=O) groups is 1. The molecule has 0 atom stereocenters. The van der Waals surface area contributed by atoms with Crippen LogP contribution in [0.4, 0.5) is 11.4 Å². The summed E-state index contributed by atoms with van der Waals surface area (Å²) < 4.78 is 14.3. The summed E-state index contributed by atoms with van der Waals surface area (Å²) in [6.07, 6.45) is 4.75. The molecule has 0 bridgehead atoms. The van der Waals surface area contributed by atoms with Crippen LogP contribution in [-0.2, 0) is 17.9 Å². The number of nitrogens with one attached hydrogen (secondary N) is 1. The van der Waals surface area contributed by atoms with Crippen molar-refractivity contribution in [2.24, 2.45) is 0 Å². The number of carbonyl (C=O) groups excluding carboxylic acids is 1. The largest absolute Gasteiger partial charge is 0.490 e. The SMILES string of the molecule is CCOc1ccc(Cn2cc(NC(=O)CCn3cc([N+](=O)[O-])c(C)n3)cn2)cc1OCC. The Morgan fingerprint density at radius 3 is 2.59 bits per heavy atom. The van der Waals surface area contributed by atoms with Crippen molar-refractivity contribution < 1.29 is 19.2 Å². The molecule has 0 fully saturated rings. The molecule has 170 valence electrons. The zero-order valence-corrected chi connectivity index (χ0v) is 18.3. The number of rotatable bonds is 11. The molecule has 32 heavy (non-hydrogen) atoms. The number of hydrogen-bond donors (Lipinski definition) is 1. The van der Waals surface area contributed by atoms with E-state index in [0.717, 1.165) is 5.56 Å². The van der Waals surface area contributed by atoms with Crippen molar-refractivity contribution in [1.29, 1.82) is 0 Å². The Morgan fingerprint density at radius 1 is 1.16 bits per heavy atom. The first-order chi connectivity index (χ1) is 15.4. The Morgan fingerprint density at radius 2 is 1.91 bits per heavy atom. The van der Waals surface area contributed by atoms with E-state index < -0.39 is 4.92 Å². The minimum Gasteiger partial charge on any atom is -0.490 e. The lowest BCUT2D eigenvalue weighted by Gasteiger charge is -2.12. The topological polar surface area (TPSA) is 126 Å². The van der Waals surface area contributed by atoms with Crippen molar-refractivity contribution in [2.45, 2.75) is 40.3 Å². The van der Waals surface area contributed by atoms with Crippen molar-refractivity contribution >= 4 is 17.3 Å². The predicted molar refractivity (Wildman–Crippen MR) is 117 cm³/mol. The third-order valence-electron chi connectivity index (χ3n) is 4.55. The number of aryl methyl sites for hydroxylation is 2. The van der Waals surface area contributed by atoms with Crippen LogP contribution < -0.4 is 14.8 Å². The van der Waals surface area contributed by atoms with Crippen molar-refractivity contribution in [2.75, 3.05) is 18.5 Å². The van der Waals surface area contributed by atoms with Crippen molar-refractivity contribution in [3.63, 3.8) is 0 Å². The number of hydrogen-bond acceptors (Lipinski definition) is 7. The molecule has 0 radical (unpaired) electrons. The lowest BCUT2D eigenvalue weighted by atomic mass is 10.2. The van der Waals surface area contributed by atoms with E-state index >= 15 is 0 Å². The van der Waals surface area contributed by atoms with Crippen LogP contribution >= 0.6 is 0 Å².